The van der Waals surface area contributed by atoms with E-state index in [1.54, 1.807) is 4.90 Å². The Morgan fingerprint density at radius 3 is 2.62 bits per heavy atom. The van der Waals surface area contributed by atoms with Crippen LogP contribution in [0.3, 0.4) is 0 Å². The normalized spacial score (nSPS) is 14.8. The molecule has 2 aromatic rings. The van der Waals surface area contributed by atoms with Crippen molar-refractivity contribution >= 4 is 17.2 Å². The van der Waals surface area contributed by atoms with Crippen molar-refractivity contribution in [2.75, 3.05) is 39.4 Å². The summed E-state index contributed by atoms with van der Waals surface area (Å²) in [5.74, 6) is 0.823. The van der Waals surface area contributed by atoms with Crippen LogP contribution in [-0.2, 0) is 11.3 Å². The lowest BCUT2D eigenvalue weighted by molar-refractivity contribution is -0.906. The highest BCUT2D eigenvalue weighted by Crippen LogP contribution is 2.20. The zero-order chi connectivity index (χ0) is 18.2. The van der Waals surface area contributed by atoms with Gasteiger partial charge in [0.1, 0.15) is 30.4 Å². The number of para-hydroxylation sites is 1. The van der Waals surface area contributed by atoms with Crippen LogP contribution in [0.5, 0.6) is 5.75 Å². The van der Waals surface area contributed by atoms with Crippen molar-refractivity contribution in [3.8, 4) is 5.75 Å². The van der Waals surface area contributed by atoms with Crippen LogP contribution in [0.25, 0.3) is 0 Å². The molecular weight excluding hydrogens is 344 g/mol. The van der Waals surface area contributed by atoms with E-state index in [1.165, 1.54) is 5.56 Å². The lowest BCUT2D eigenvalue weighted by atomic mass is 10.1. The molecule has 0 atom stereocenters. The largest absolute Gasteiger partial charge is 0.488 e. The molecule has 0 aromatic heterocycles. The molecule has 0 amide bonds. The van der Waals surface area contributed by atoms with Crippen LogP contribution in [-0.4, -0.2) is 44.4 Å². The summed E-state index contributed by atoms with van der Waals surface area (Å²) in [7, 11) is 0. The van der Waals surface area contributed by atoms with E-state index in [0.29, 0.717) is 6.61 Å². The number of rotatable bonds is 7. The van der Waals surface area contributed by atoms with E-state index in [-0.39, 0.29) is 0 Å². The molecule has 2 aromatic carbocycles. The van der Waals surface area contributed by atoms with Crippen LogP contribution in [0.15, 0.2) is 48.5 Å². The van der Waals surface area contributed by atoms with Gasteiger partial charge >= 0.3 is 0 Å². The molecule has 2 N–H and O–H groups in total. The number of benzene rings is 2. The minimum atomic E-state index is 0.540. The van der Waals surface area contributed by atoms with Gasteiger partial charge in [0.05, 0.1) is 31.9 Å². The van der Waals surface area contributed by atoms with Crippen molar-refractivity contribution in [3.05, 3.63) is 65.2 Å². The molecule has 1 fully saturated rings. The van der Waals surface area contributed by atoms with Crippen LogP contribution < -0.4 is 15.0 Å². The number of nitrogens with one attached hydrogen (secondary N) is 2. The molecule has 4 nitrogen and oxygen atoms in total. The van der Waals surface area contributed by atoms with E-state index in [0.717, 1.165) is 61.3 Å². The maximum Gasteiger partial charge on any atom is 0.129 e. The standard InChI is InChI=1S/C21H26N2O2S/c1-17-6-8-18(9-7-17)16-25-20-5-3-2-4-19(20)21(26)22-10-11-23-12-14-24-15-13-23/h2-9H,10-16H2,1H3,(H,22,26)/p+1. The monoisotopic (exact) mass is 371 g/mol. The lowest BCUT2D eigenvalue weighted by Gasteiger charge is -2.24. The van der Waals surface area contributed by atoms with Gasteiger partial charge in [0.2, 0.25) is 0 Å². The Morgan fingerprint density at radius 1 is 1.12 bits per heavy atom. The number of hydrogen-bond donors (Lipinski definition) is 2. The molecule has 0 radical (unpaired) electrons. The Kier molecular flexibility index (Phi) is 7.00. The summed E-state index contributed by atoms with van der Waals surface area (Å²) in [6.07, 6.45) is 0. The van der Waals surface area contributed by atoms with E-state index in [1.807, 2.05) is 24.3 Å². The van der Waals surface area contributed by atoms with Crippen LogP contribution >= 0.6 is 12.2 Å². The van der Waals surface area contributed by atoms with Crippen LogP contribution in [0.2, 0.25) is 0 Å². The molecule has 138 valence electrons. The minimum absolute atomic E-state index is 0.540. The maximum atomic E-state index is 6.03. The van der Waals surface area contributed by atoms with Gasteiger partial charge in [0.15, 0.2) is 0 Å². The van der Waals surface area contributed by atoms with Gasteiger partial charge in [-0.2, -0.15) is 0 Å². The van der Waals surface area contributed by atoms with Crippen LogP contribution in [0, 0.1) is 6.92 Å². The van der Waals surface area contributed by atoms with Crippen molar-refractivity contribution in [1.29, 1.82) is 0 Å². The molecule has 1 heterocycles. The van der Waals surface area contributed by atoms with E-state index in [2.05, 4.69) is 36.5 Å². The van der Waals surface area contributed by atoms with Gasteiger partial charge in [0.25, 0.3) is 0 Å². The Morgan fingerprint density at radius 2 is 1.85 bits per heavy atom. The third-order valence-corrected chi connectivity index (χ3v) is 4.97. The Balaban J connectivity index is 1.53. The van der Waals surface area contributed by atoms with Gasteiger partial charge in [-0.05, 0) is 24.6 Å². The molecule has 0 aliphatic carbocycles. The zero-order valence-electron chi connectivity index (χ0n) is 15.3. The predicted molar refractivity (Wildman–Crippen MR) is 108 cm³/mol. The Bertz CT molecular complexity index is 712. The molecule has 1 aliphatic rings. The predicted octanol–water partition coefficient (Wildman–Crippen LogP) is 1.75. The highest BCUT2D eigenvalue weighted by molar-refractivity contribution is 7.80. The van der Waals surface area contributed by atoms with Crippen LogP contribution in [0.1, 0.15) is 16.7 Å². The van der Waals surface area contributed by atoms with E-state index >= 15 is 0 Å². The van der Waals surface area contributed by atoms with E-state index < -0.39 is 0 Å². The topological polar surface area (TPSA) is 34.9 Å². The first-order valence-electron chi connectivity index (χ1n) is 9.19. The smallest absolute Gasteiger partial charge is 0.129 e. The van der Waals surface area contributed by atoms with E-state index in [9.17, 15) is 0 Å². The molecule has 0 unspecified atom stereocenters. The van der Waals surface area contributed by atoms with Gasteiger partial charge in [-0.15, -0.1) is 0 Å². The lowest BCUT2D eigenvalue weighted by Crippen LogP contribution is -3.14. The molecule has 26 heavy (non-hydrogen) atoms. The van der Waals surface area contributed by atoms with Crippen molar-refractivity contribution in [3.63, 3.8) is 0 Å². The Labute approximate surface area is 161 Å². The van der Waals surface area contributed by atoms with Crippen molar-refractivity contribution in [2.45, 2.75) is 13.5 Å². The average molecular weight is 372 g/mol. The summed E-state index contributed by atoms with van der Waals surface area (Å²) in [6.45, 7) is 8.40. The fourth-order valence-electron chi connectivity index (χ4n) is 2.98. The van der Waals surface area contributed by atoms with Crippen molar-refractivity contribution in [2.24, 2.45) is 0 Å². The second kappa shape index (κ2) is 9.67. The number of ether oxygens (including phenoxy) is 2. The van der Waals surface area contributed by atoms with Gasteiger partial charge in [-0.3, -0.25) is 0 Å². The molecule has 5 heteroatoms. The van der Waals surface area contributed by atoms with E-state index in [4.69, 9.17) is 21.7 Å². The third kappa shape index (κ3) is 5.53. The molecule has 3 rings (SSSR count). The molecule has 0 spiro atoms. The molecular formula is C21H27N2O2S+. The summed E-state index contributed by atoms with van der Waals surface area (Å²) < 4.78 is 11.4. The first kappa shape index (κ1) is 18.8. The minimum Gasteiger partial charge on any atom is -0.488 e. The number of thiocarbonyl (C=S) groups is 1. The maximum absolute atomic E-state index is 6.03. The van der Waals surface area contributed by atoms with Crippen molar-refractivity contribution in [1.82, 2.24) is 5.32 Å². The number of hydrogen-bond acceptors (Lipinski definition) is 3. The molecule has 0 bridgehead atoms. The average Bonchev–Trinajstić information content (AvgIpc) is 2.68. The molecule has 1 aliphatic heterocycles. The highest BCUT2D eigenvalue weighted by Gasteiger charge is 2.14. The zero-order valence-corrected chi connectivity index (χ0v) is 16.1. The van der Waals surface area contributed by atoms with Crippen molar-refractivity contribution < 1.29 is 14.4 Å². The first-order valence-corrected chi connectivity index (χ1v) is 9.60. The highest BCUT2D eigenvalue weighted by atomic mass is 32.1. The molecule has 0 saturated carbocycles. The van der Waals surface area contributed by atoms with Gasteiger partial charge in [-0.25, -0.2) is 0 Å². The summed E-state index contributed by atoms with van der Waals surface area (Å²) in [6, 6.07) is 16.4. The fraction of sp³-hybridized carbons (Fsp3) is 0.381. The summed E-state index contributed by atoms with van der Waals surface area (Å²) in [4.78, 5) is 2.31. The fourth-order valence-corrected chi connectivity index (χ4v) is 3.25. The molecule has 1 saturated heterocycles. The van der Waals surface area contributed by atoms with Crippen LogP contribution in [0.4, 0.5) is 0 Å². The van der Waals surface area contributed by atoms with Gasteiger partial charge < -0.3 is 19.7 Å². The summed E-state index contributed by atoms with van der Waals surface area (Å²) >= 11 is 5.60. The Hall–Kier alpha value is -1.95. The number of quaternary nitrogens is 1. The first-order chi connectivity index (χ1) is 12.7. The summed E-state index contributed by atoms with van der Waals surface area (Å²) in [5, 5.41) is 3.38. The quantitative estimate of drug-likeness (QED) is 0.727. The van der Waals surface area contributed by atoms with Gasteiger partial charge in [0, 0.05) is 0 Å². The number of aryl methyl sites for hydroxylation is 1. The third-order valence-electron chi connectivity index (χ3n) is 4.61. The second-order valence-corrected chi connectivity index (χ2v) is 7.05. The van der Waals surface area contributed by atoms with Gasteiger partial charge in [-0.1, -0.05) is 54.2 Å². The SMILES string of the molecule is Cc1ccc(COc2ccccc2C(=S)NCC[NH+]2CCOCC2)cc1. The number of morpholine rings is 1. The summed E-state index contributed by atoms with van der Waals surface area (Å²) in [5.41, 5.74) is 3.36. The second-order valence-electron chi connectivity index (χ2n) is 6.64.